The number of carbonyl (C=O) groups is 1. The van der Waals surface area contributed by atoms with E-state index in [0.29, 0.717) is 38.1 Å². The molecule has 3 aromatic rings. The summed E-state index contributed by atoms with van der Waals surface area (Å²) < 4.78 is 43.0. The maximum atomic E-state index is 13.9. The maximum absolute atomic E-state index is 13.9. The van der Waals surface area contributed by atoms with Crippen LogP contribution in [0.4, 0.5) is 13.2 Å². The third-order valence-corrected chi connectivity index (χ3v) is 6.05. The van der Waals surface area contributed by atoms with E-state index in [4.69, 9.17) is 0 Å². The van der Waals surface area contributed by atoms with Crippen molar-refractivity contribution in [2.45, 2.75) is 38.6 Å². The first-order valence-corrected chi connectivity index (χ1v) is 10.5. The standard InChI is InChI=1S/C22H22F3N5O/c23-15-7-18(24)17(19(25)8-15)9-21(31)29-5-3-16-20(4-6-29)27-28-22(16)14-10-26-30(12-14)11-13-1-2-13/h7-8,10,12-13H,1-6,9,11H2,(H,27,28). The van der Waals surface area contributed by atoms with Crippen LogP contribution in [0.25, 0.3) is 11.3 Å². The monoisotopic (exact) mass is 429 g/mol. The highest BCUT2D eigenvalue weighted by Crippen LogP contribution is 2.31. The van der Waals surface area contributed by atoms with Gasteiger partial charge in [0.2, 0.25) is 5.91 Å². The number of aromatic nitrogens is 4. The topological polar surface area (TPSA) is 66.8 Å². The summed E-state index contributed by atoms with van der Waals surface area (Å²) in [7, 11) is 0. The quantitative estimate of drug-likeness (QED) is 0.677. The van der Waals surface area contributed by atoms with Crippen LogP contribution in [0.5, 0.6) is 0 Å². The molecule has 162 valence electrons. The van der Waals surface area contributed by atoms with E-state index in [-0.39, 0.29) is 5.91 Å². The summed E-state index contributed by atoms with van der Waals surface area (Å²) in [5.41, 5.74) is 3.37. The number of fused-ring (bicyclic) bond motifs is 1. The summed E-state index contributed by atoms with van der Waals surface area (Å²) in [5.74, 6) is -2.75. The first kappa shape index (κ1) is 19.8. The van der Waals surface area contributed by atoms with Crippen molar-refractivity contribution in [2.75, 3.05) is 13.1 Å². The normalized spacial score (nSPS) is 16.3. The van der Waals surface area contributed by atoms with Gasteiger partial charge in [-0.3, -0.25) is 14.6 Å². The van der Waals surface area contributed by atoms with Gasteiger partial charge in [0.1, 0.15) is 17.5 Å². The molecule has 31 heavy (non-hydrogen) atoms. The molecule has 0 unspecified atom stereocenters. The predicted molar refractivity (Wildman–Crippen MR) is 107 cm³/mol. The molecule has 1 aliphatic heterocycles. The van der Waals surface area contributed by atoms with E-state index >= 15 is 0 Å². The Morgan fingerprint density at radius 3 is 2.61 bits per heavy atom. The van der Waals surface area contributed by atoms with Gasteiger partial charge in [-0.15, -0.1) is 0 Å². The van der Waals surface area contributed by atoms with E-state index in [1.165, 1.54) is 12.8 Å². The molecule has 5 rings (SSSR count). The number of nitrogens with one attached hydrogen (secondary N) is 1. The molecule has 9 heteroatoms. The molecule has 0 spiro atoms. The van der Waals surface area contributed by atoms with Crippen molar-refractivity contribution >= 4 is 5.91 Å². The van der Waals surface area contributed by atoms with E-state index in [0.717, 1.165) is 35.0 Å². The highest BCUT2D eigenvalue weighted by Gasteiger charge is 2.26. The minimum absolute atomic E-state index is 0.388. The average Bonchev–Trinajstić information content (AvgIpc) is 3.34. The zero-order valence-corrected chi connectivity index (χ0v) is 16.9. The Balaban J connectivity index is 1.29. The van der Waals surface area contributed by atoms with Crippen molar-refractivity contribution < 1.29 is 18.0 Å². The smallest absolute Gasteiger partial charge is 0.227 e. The van der Waals surface area contributed by atoms with Crippen LogP contribution in [0.1, 0.15) is 29.7 Å². The molecule has 1 aromatic carbocycles. The highest BCUT2D eigenvalue weighted by atomic mass is 19.1. The molecule has 1 fully saturated rings. The van der Waals surface area contributed by atoms with Gasteiger partial charge in [-0.1, -0.05) is 0 Å². The van der Waals surface area contributed by atoms with Crippen molar-refractivity contribution in [2.24, 2.45) is 5.92 Å². The van der Waals surface area contributed by atoms with Crippen LogP contribution in [-0.2, 0) is 30.6 Å². The van der Waals surface area contributed by atoms with Gasteiger partial charge < -0.3 is 4.90 Å². The van der Waals surface area contributed by atoms with Crippen LogP contribution in [-0.4, -0.2) is 43.9 Å². The summed E-state index contributed by atoms with van der Waals surface area (Å²) in [6.07, 6.45) is 7.03. The molecule has 6 nitrogen and oxygen atoms in total. The fraction of sp³-hybridized carbons (Fsp3) is 0.409. The minimum Gasteiger partial charge on any atom is -0.342 e. The molecule has 1 N–H and O–H groups in total. The third kappa shape index (κ3) is 4.08. The zero-order valence-electron chi connectivity index (χ0n) is 16.9. The first-order chi connectivity index (χ1) is 15.0. The Morgan fingerprint density at radius 2 is 1.87 bits per heavy atom. The van der Waals surface area contributed by atoms with Gasteiger partial charge in [0, 0.05) is 66.8 Å². The van der Waals surface area contributed by atoms with Gasteiger partial charge in [0.05, 0.1) is 18.3 Å². The largest absolute Gasteiger partial charge is 0.342 e. The lowest BCUT2D eigenvalue weighted by atomic mass is 10.1. The van der Waals surface area contributed by atoms with E-state index in [9.17, 15) is 18.0 Å². The number of H-pyrrole nitrogens is 1. The Labute approximate surface area is 177 Å². The number of aromatic amines is 1. The minimum atomic E-state index is -1.04. The summed E-state index contributed by atoms with van der Waals surface area (Å²) >= 11 is 0. The molecule has 0 radical (unpaired) electrons. The second kappa shape index (κ2) is 7.86. The molecular weight excluding hydrogens is 407 g/mol. The van der Waals surface area contributed by atoms with Crippen LogP contribution in [0, 0.1) is 23.4 Å². The number of benzene rings is 1. The second-order valence-electron chi connectivity index (χ2n) is 8.33. The van der Waals surface area contributed by atoms with Crippen LogP contribution in [0.3, 0.4) is 0 Å². The molecule has 2 aliphatic rings. The summed E-state index contributed by atoms with van der Waals surface area (Å²) in [4.78, 5) is 14.3. The Morgan fingerprint density at radius 1 is 1.13 bits per heavy atom. The van der Waals surface area contributed by atoms with Crippen molar-refractivity contribution in [1.29, 1.82) is 0 Å². The number of rotatable bonds is 5. The number of hydrogen-bond acceptors (Lipinski definition) is 3. The lowest BCUT2D eigenvalue weighted by Gasteiger charge is -2.20. The van der Waals surface area contributed by atoms with Gasteiger partial charge in [0.15, 0.2) is 0 Å². The number of carbonyl (C=O) groups excluding carboxylic acids is 1. The van der Waals surface area contributed by atoms with Gasteiger partial charge >= 0.3 is 0 Å². The summed E-state index contributed by atoms with van der Waals surface area (Å²) in [6, 6.07) is 1.19. The van der Waals surface area contributed by atoms with Crippen molar-refractivity contribution in [3.05, 3.63) is 58.8 Å². The number of halogens is 3. The Kier molecular flexibility index (Phi) is 5.03. The summed E-state index contributed by atoms with van der Waals surface area (Å²) in [5, 5.41) is 12.0. The van der Waals surface area contributed by atoms with Crippen molar-refractivity contribution in [3.8, 4) is 11.3 Å². The van der Waals surface area contributed by atoms with E-state index in [1.54, 1.807) is 4.90 Å². The fourth-order valence-electron chi connectivity index (χ4n) is 4.13. The number of hydrogen-bond donors (Lipinski definition) is 1. The average molecular weight is 429 g/mol. The molecule has 0 saturated heterocycles. The maximum Gasteiger partial charge on any atom is 0.227 e. The number of amides is 1. The molecule has 1 amide bonds. The van der Waals surface area contributed by atoms with Crippen LogP contribution in [0.15, 0.2) is 24.5 Å². The lowest BCUT2D eigenvalue weighted by Crippen LogP contribution is -2.35. The van der Waals surface area contributed by atoms with E-state index in [1.807, 2.05) is 17.1 Å². The number of nitrogens with zero attached hydrogens (tertiary/aromatic N) is 4. The van der Waals surface area contributed by atoms with Gasteiger partial charge in [-0.2, -0.15) is 10.2 Å². The zero-order chi connectivity index (χ0) is 21.5. The third-order valence-electron chi connectivity index (χ3n) is 6.05. The Hall–Kier alpha value is -3.10. The van der Waals surface area contributed by atoms with Crippen LogP contribution >= 0.6 is 0 Å². The molecule has 1 saturated carbocycles. The Bertz CT molecular complexity index is 1110. The van der Waals surface area contributed by atoms with Crippen molar-refractivity contribution in [3.63, 3.8) is 0 Å². The highest BCUT2D eigenvalue weighted by molar-refractivity contribution is 5.79. The van der Waals surface area contributed by atoms with Gasteiger partial charge in [-0.25, -0.2) is 13.2 Å². The first-order valence-electron chi connectivity index (χ1n) is 10.5. The molecule has 1 aliphatic carbocycles. The molecule has 0 bridgehead atoms. The van der Waals surface area contributed by atoms with E-state index < -0.39 is 29.4 Å². The molecule has 2 aromatic heterocycles. The van der Waals surface area contributed by atoms with Crippen molar-refractivity contribution in [1.82, 2.24) is 24.9 Å². The SMILES string of the molecule is O=C(Cc1c(F)cc(F)cc1F)N1CCc2[nH]nc(-c3cnn(CC4CC4)c3)c2CC1. The lowest BCUT2D eigenvalue weighted by molar-refractivity contribution is -0.130. The second-order valence-corrected chi connectivity index (χ2v) is 8.33. The van der Waals surface area contributed by atoms with Crippen LogP contribution in [0.2, 0.25) is 0 Å². The van der Waals surface area contributed by atoms with Crippen LogP contribution < -0.4 is 0 Å². The van der Waals surface area contributed by atoms with E-state index in [2.05, 4.69) is 15.3 Å². The molecular formula is C22H22F3N5O. The summed E-state index contributed by atoms with van der Waals surface area (Å²) in [6.45, 7) is 1.75. The predicted octanol–water partition coefficient (Wildman–Crippen LogP) is 3.27. The molecule has 0 atom stereocenters. The van der Waals surface area contributed by atoms with Gasteiger partial charge in [0.25, 0.3) is 0 Å². The van der Waals surface area contributed by atoms with Gasteiger partial charge in [-0.05, 0) is 25.2 Å². The molecule has 3 heterocycles. The fourth-order valence-corrected chi connectivity index (χ4v) is 4.13.